The van der Waals surface area contributed by atoms with Gasteiger partial charge in [0, 0.05) is 34.3 Å². The summed E-state index contributed by atoms with van der Waals surface area (Å²) in [5.74, 6) is 12.7. The highest BCUT2D eigenvalue weighted by atomic mass is 14.6. The predicted molar refractivity (Wildman–Crippen MR) is 116 cm³/mol. The van der Waals surface area contributed by atoms with Gasteiger partial charge in [-0.25, -0.2) is 0 Å². The number of nitrogens with two attached hydrogens (primary N) is 2. The maximum atomic E-state index is 5.87. The molecule has 0 heterocycles. The smallest absolute Gasteiger partial charge is 0.0266 e. The molecular weight excluding hydrogens is 340 g/mol. The Morgan fingerprint density at radius 1 is 0.464 bits per heavy atom. The highest BCUT2D eigenvalue weighted by molar-refractivity contribution is 5.48. The molecule has 0 amide bonds. The van der Waals surface area contributed by atoms with Crippen LogP contribution < -0.4 is 11.5 Å². The summed E-state index contributed by atoms with van der Waals surface area (Å²) in [4.78, 5) is 0. The Morgan fingerprint density at radius 2 is 0.679 bits per heavy atom. The molecule has 3 rings (SSSR count). The number of hydrogen-bond donors (Lipinski definition) is 2. The van der Waals surface area contributed by atoms with Crippen molar-refractivity contribution in [1.29, 1.82) is 0 Å². The van der Waals surface area contributed by atoms with Gasteiger partial charge in [0.25, 0.3) is 0 Å². The van der Waals surface area contributed by atoms with Crippen molar-refractivity contribution in [2.45, 2.75) is 25.9 Å². The molecular formula is C26H24N2. The first kappa shape index (κ1) is 19.5. The Balaban J connectivity index is 1.67. The molecule has 0 aliphatic heterocycles. The van der Waals surface area contributed by atoms with E-state index in [0.29, 0.717) is 0 Å². The van der Waals surface area contributed by atoms with Crippen LogP contribution in [-0.2, 0) is 0 Å². The summed E-state index contributed by atoms with van der Waals surface area (Å²) in [5.41, 5.74) is 17.8. The molecule has 138 valence electrons. The van der Waals surface area contributed by atoms with Crippen molar-refractivity contribution >= 4 is 0 Å². The van der Waals surface area contributed by atoms with Crippen molar-refractivity contribution in [3.63, 3.8) is 0 Å². The highest BCUT2D eigenvalue weighted by Gasteiger charge is 1.98. The Labute approximate surface area is 167 Å². The third-order valence-electron chi connectivity index (χ3n) is 4.46. The molecule has 0 spiro atoms. The largest absolute Gasteiger partial charge is 0.324 e. The second kappa shape index (κ2) is 9.07. The maximum absolute atomic E-state index is 5.87. The van der Waals surface area contributed by atoms with E-state index in [1.165, 1.54) is 0 Å². The molecule has 0 aliphatic rings. The minimum atomic E-state index is 0.0397. The van der Waals surface area contributed by atoms with Crippen LogP contribution >= 0.6 is 0 Å². The van der Waals surface area contributed by atoms with E-state index in [1.807, 2.05) is 86.6 Å². The van der Waals surface area contributed by atoms with Gasteiger partial charge in [-0.2, -0.15) is 0 Å². The minimum absolute atomic E-state index is 0.0397. The van der Waals surface area contributed by atoms with Gasteiger partial charge in [-0.3, -0.25) is 0 Å². The van der Waals surface area contributed by atoms with Crippen molar-refractivity contribution in [2.75, 3.05) is 0 Å². The van der Waals surface area contributed by atoms with Crippen molar-refractivity contribution in [3.8, 4) is 23.7 Å². The molecule has 0 bridgehead atoms. The average Bonchev–Trinajstić information content (AvgIpc) is 2.72. The molecule has 2 heteroatoms. The molecule has 0 aliphatic carbocycles. The van der Waals surface area contributed by atoms with Crippen molar-refractivity contribution in [1.82, 2.24) is 0 Å². The van der Waals surface area contributed by atoms with Crippen LogP contribution in [0.5, 0.6) is 0 Å². The van der Waals surface area contributed by atoms with Crippen LogP contribution in [0.15, 0.2) is 72.8 Å². The van der Waals surface area contributed by atoms with Gasteiger partial charge in [-0.15, -0.1) is 0 Å². The van der Waals surface area contributed by atoms with E-state index in [2.05, 4.69) is 23.7 Å². The average molecular weight is 364 g/mol. The van der Waals surface area contributed by atoms with Gasteiger partial charge in [0.2, 0.25) is 0 Å². The Kier molecular flexibility index (Phi) is 6.30. The minimum Gasteiger partial charge on any atom is -0.324 e. The first-order valence-electron chi connectivity index (χ1n) is 9.36. The fraction of sp³-hybridized carbons (Fsp3) is 0.154. The van der Waals surface area contributed by atoms with Gasteiger partial charge < -0.3 is 11.5 Å². The standard InChI is InChI=1S/C26H24N2/c1-19(27)25-15-11-23(12-16-25)9-7-21-3-5-22(6-4-21)8-10-24-13-17-26(18-14-24)20(2)28/h3-6,11-20H,27-28H2,1-2H3/t19-,20-/m0/s1. The first-order chi connectivity index (χ1) is 13.5. The summed E-state index contributed by atoms with van der Waals surface area (Å²) in [6, 6.07) is 24.1. The second-order valence-corrected chi connectivity index (χ2v) is 6.90. The van der Waals surface area contributed by atoms with Crippen LogP contribution in [0.2, 0.25) is 0 Å². The summed E-state index contributed by atoms with van der Waals surface area (Å²) < 4.78 is 0. The maximum Gasteiger partial charge on any atom is 0.0266 e. The molecule has 4 N–H and O–H groups in total. The molecule has 2 nitrogen and oxygen atoms in total. The van der Waals surface area contributed by atoms with E-state index < -0.39 is 0 Å². The molecule has 3 aromatic rings. The summed E-state index contributed by atoms with van der Waals surface area (Å²) >= 11 is 0. The van der Waals surface area contributed by atoms with Gasteiger partial charge >= 0.3 is 0 Å². The van der Waals surface area contributed by atoms with Crippen LogP contribution in [0.3, 0.4) is 0 Å². The fourth-order valence-electron chi connectivity index (χ4n) is 2.67. The monoisotopic (exact) mass is 364 g/mol. The molecule has 3 aromatic carbocycles. The van der Waals surface area contributed by atoms with Gasteiger partial charge in [0.15, 0.2) is 0 Å². The molecule has 0 fully saturated rings. The normalized spacial score (nSPS) is 12.1. The summed E-state index contributed by atoms with van der Waals surface area (Å²) in [6.07, 6.45) is 0. The highest BCUT2D eigenvalue weighted by Crippen LogP contribution is 2.11. The fourth-order valence-corrected chi connectivity index (χ4v) is 2.67. The van der Waals surface area contributed by atoms with Gasteiger partial charge in [0.1, 0.15) is 0 Å². The Hall–Kier alpha value is -3.30. The zero-order chi connectivity index (χ0) is 19.9. The van der Waals surface area contributed by atoms with E-state index in [0.717, 1.165) is 33.4 Å². The first-order valence-corrected chi connectivity index (χ1v) is 9.36. The number of rotatable bonds is 2. The Bertz CT molecular complexity index is 946. The van der Waals surface area contributed by atoms with E-state index in [-0.39, 0.29) is 12.1 Å². The quantitative estimate of drug-likeness (QED) is 0.657. The van der Waals surface area contributed by atoms with Crippen molar-refractivity contribution in [2.24, 2.45) is 11.5 Å². The van der Waals surface area contributed by atoms with Gasteiger partial charge in [-0.1, -0.05) is 47.9 Å². The van der Waals surface area contributed by atoms with E-state index in [1.54, 1.807) is 0 Å². The predicted octanol–water partition coefficient (Wildman–Crippen LogP) is 4.53. The van der Waals surface area contributed by atoms with Crippen LogP contribution in [0.1, 0.15) is 59.3 Å². The second-order valence-electron chi connectivity index (χ2n) is 6.90. The van der Waals surface area contributed by atoms with Gasteiger partial charge in [0.05, 0.1) is 0 Å². The molecule has 0 saturated heterocycles. The molecule has 0 aromatic heterocycles. The van der Waals surface area contributed by atoms with Crippen molar-refractivity contribution < 1.29 is 0 Å². The van der Waals surface area contributed by atoms with Gasteiger partial charge in [-0.05, 0) is 73.5 Å². The summed E-state index contributed by atoms with van der Waals surface area (Å²) in [6.45, 7) is 3.95. The lowest BCUT2D eigenvalue weighted by Gasteiger charge is -2.04. The third-order valence-corrected chi connectivity index (χ3v) is 4.46. The lowest BCUT2D eigenvalue weighted by molar-refractivity contribution is 0.818. The third kappa shape index (κ3) is 5.35. The molecule has 0 saturated carbocycles. The molecule has 0 unspecified atom stereocenters. The molecule has 2 atom stereocenters. The zero-order valence-electron chi connectivity index (χ0n) is 16.2. The van der Waals surface area contributed by atoms with Crippen LogP contribution in [-0.4, -0.2) is 0 Å². The lowest BCUT2D eigenvalue weighted by atomic mass is 10.1. The van der Waals surface area contributed by atoms with Crippen LogP contribution in [0.4, 0.5) is 0 Å². The number of hydrogen-bond acceptors (Lipinski definition) is 2. The van der Waals surface area contributed by atoms with E-state index in [9.17, 15) is 0 Å². The Morgan fingerprint density at radius 3 is 0.893 bits per heavy atom. The van der Waals surface area contributed by atoms with E-state index in [4.69, 9.17) is 11.5 Å². The van der Waals surface area contributed by atoms with Crippen LogP contribution in [0.25, 0.3) is 0 Å². The molecule has 28 heavy (non-hydrogen) atoms. The van der Waals surface area contributed by atoms with Crippen molar-refractivity contribution in [3.05, 3.63) is 106 Å². The lowest BCUT2D eigenvalue weighted by Crippen LogP contribution is -2.04. The van der Waals surface area contributed by atoms with E-state index >= 15 is 0 Å². The topological polar surface area (TPSA) is 52.0 Å². The summed E-state index contributed by atoms with van der Waals surface area (Å²) in [7, 11) is 0. The number of benzene rings is 3. The zero-order valence-corrected chi connectivity index (χ0v) is 16.2. The van der Waals surface area contributed by atoms with Crippen LogP contribution in [0, 0.1) is 23.7 Å². The summed E-state index contributed by atoms with van der Waals surface area (Å²) in [5, 5.41) is 0. The molecule has 0 radical (unpaired) electrons. The SMILES string of the molecule is C[C@H](N)c1ccc(C#Cc2ccc(C#Cc3ccc([C@H](C)N)cc3)cc2)cc1.